The second kappa shape index (κ2) is 5.53. The fraction of sp³-hybridized carbons (Fsp3) is 0.385. The van der Waals surface area contributed by atoms with E-state index in [9.17, 15) is 0 Å². The third kappa shape index (κ3) is 2.80. The fourth-order valence-electron chi connectivity index (χ4n) is 1.75. The van der Waals surface area contributed by atoms with Crippen molar-refractivity contribution in [3.63, 3.8) is 0 Å². The van der Waals surface area contributed by atoms with Crippen LogP contribution in [-0.4, -0.2) is 23.6 Å². The number of aryl methyl sites for hydroxylation is 1. The van der Waals surface area contributed by atoms with Crippen molar-refractivity contribution in [2.45, 2.75) is 20.4 Å². The molecular weight excluding hydrogens is 228 g/mol. The maximum Gasteiger partial charge on any atom is 0.134 e. The molecule has 0 aliphatic heterocycles. The number of furan rings is 1. The molecule has 2 heterocycles. The summed E-state index contributed by atoms with van der Waals surface area (Å²) >= 11 is 0. The first-order valence-electron chi connectivity index (χ1n) is 6.00. The molecule has 2 aromatic rings. The summed E-state index contributed by atoms with van der Waals surface area (Å²) < 4.78 is 5.29. The zero-order valence-electron chi connectivity index (χ0n) is 11.0. The average molecular weight is 246 g/mol. The Morgan fingerprint density at radius 1 is 1.39 bits per heavy atom. The quantitative estimate of drug-likeness (QED) is 0.878. The van der Waals surface area contributed by atoms with Crippen LogP contribution in [0.25, 0.3) is 0 Å². The average Bonchev–Trinajstić information content (AvgIpc) is 2.76. The van der Waals surface area contributed by atoms with Crippen molar-refractivity contribution < 1.29 is 4.42 Å². The largest absolute Gasteiger partial charge is 0.469 e. The normalized spacial score (nSPS) is 10.4. The summed E-state index contributed by atoms with van der Waals surface area (Å²) in [6.45, 7) is 5.62. The Labute approximate surface area is 107 Å². The highest BCUT2D eigenvalue weighted by molar-refractivity contribution is 5.48. The van der Waals surface area contributed by atoms with E-state index in [2.05, 4.69) is 20.2 Å². The van der Waals surface area contributed by atoms with Gasteiger partial charge in [-0.2, -0.15) is 0 Å². The Balaban J connectivity index is 2.11. The van der Waals surface area contributed by atoms with Gasteiger partial charge in [-0.25, -0.2) is 9.97 Å². The molecular formula is C13H18N4O. The smallest absolute Gasteiger partial charge is 0.134 e. The highest BCUT2D eigenvalue weighted by Crippen LogP contribution is 2.17. The summed E-state index contributed by atoms with van der Waals surface area (Å²) in [7, 11) is 2.00. The third-order valence-electron chi connectivity index (χ3n) is 2.78. The van der Waals surface area contributed by atoms with E-state index in [1.807, 2.05) is 33.0 Å². The van der Waals surface area contributed by atoms with E-state index in [1.54, 1.807) is 12.6 Å². The lowest BCUT2D eigenvalue weighted by molar-refractivity contribution is 0.529. The summed E-state index contributed by atoms with van der Waals surface area (Å²) in [5, 5.41) is 3.18. The number of hydrogen-bond acceptors (Lipinski definition) is 5. The fourth-order valence-corrected chi connectivity index (χ4v) is 1.75. The third-order valence-corrected chi connectivity index (χ3v) is 2.78. The Morgan fingerprint density at radius 2 is 2.22 bits per heavy atom. The van der Waals surface area contributed by atoms with E-state index in [4.69, 9.17) is 4.42 Å². The van der Waals surface area contributed by atoms with Crippen LogP contribution in [0.4, 0.5) is 11.6 Å². The minimum absolute atomic E-state index is 0.769. The molecule has 1 N–H and O–H groups in total. The Hall–Kier alpha value is -2.04. The molecule has 2 rings (SSSR count). The lowest BCUT2D eigenvalue weighted by Crippen LogP contribution is -2.18. The molecule has 5 nitrogen and oxygen atoms in total. The summed E-state index contributed by atoms with van der Waals surface area (Å²) in [5.74, 6) is 2.68. The number of nitrogens with one attached hydrogen (secondary N) is 1. The summed E-state index contributed by atoms with van der Waals surface area (Å²) in [5.41, 5.74) is 1.17. The molecule has 0 radical (unpaired) electrons. The van der Waals surface area contributed by atoms with Crippen molar-refractivity contribution in [2.24, 2.45) is 0 Å². The van der Waals surface area contributed by atoms with Gasteiger partial charge in [0.05, 0.1) is 6.26 Å². The van der Waals surface area contributed by atoms with Gasteiger partial charge in [-0.05, 0) is 19.9 Å². The zero-order valence-corrected chi connectivity index (χ0v) is 11.0. The van der Waals surface area contributed by atoms with Gasteiger partial charge in [-0.3, -0.25) is 0 Å². The Bertz CT molecular complexity index is 509. The molecule has 5 heteroatoms. The van der Waals surface area contributed by atoms with Crippen LogP contribution in [0.2, 0.25) is 0 Å². The highest BCUT2D eigenvalue weighted by atomic mass is 16.3. The van der Waals surface area contributed by atoms with E-state index in [-0.39, 0.29) is 0 Å². The number of rotatable bonds is 5. The molecule has 0 atom stereocenters. The van der Waals surface area contributed by atoms with Gasteiger partial charge in [0, 0.05) is 31.8 Å². The van der Waals surface area contributed by atoms with Crippen molar-refractivity contribution in [1.82, 2.24) is 9.97 Å². The SMILES string of the molecule is CCNc1cc(N(C)Cc2ccoc2C)ncn1. The van der Waals surface area contributed by atoms with Crippen molar-refractivity contribution in [3.05, 3.63) is 36.0 Å². The maximum atomic E-state index is 5.29. The molecule has 0 amide bonds. The van der Waals surface area contributed by atoms with Gasteiger partial charge >= 0.3 is 0 Å². The first-order valence-corrected chi connectivity index (χ1v) is 6.00. The first kappa shape index (κ1) is 12.4. The van der Waals surface area contributed by atoms with Crippen LogP contribution in [0.3, 0.4) is 0 Å². The van der Waals surface area contributed by atoms with E-state index in [1.165, 1.54) is 5.56 Å². The van der Waals surface area contributed by atoms with Crippen molar-refractivity contribution in [2.75, 3.05) is 23.8 Å². The monoisotopic (exact) mass is 246 g/mol. The Morgan fingerprint density at radius 3 is 2.89 bits per heavy atom. The van der Waals surface area contributed by atoms with Gasteiger partial charge in [0.25, 0.3) is 0 Å². The minimum Gasteiger partial charge on any atom is -0.469 e. The predicted molar refractivity (Wildman–Crippen MR) is 71.7 cm³/mol. The predicted octanol–water partition coefficient (Wildman–Crippen LogP) is 2.45. The molecule has 96 valence electrons. The number of anilines is 2. The van der Waals surface area contributed by atoms with E-state index in [0.29, 0.717) is 0 Å². The molecule has 0 unspecified atom stereocenters. The summed E-state index contributed by atoms with van der Waals surface area (Å²) in [6.07, 6.45) is 3.29. The zero-order chi connectivity index (χ0) is 13.0. The minimum atomic E-state index is 0.769. The molecule has 0 bridgehead atoms. The van der Waals surface area contributed by atoms with E-state index >= 15 is 0 Å². The highest BCUT2D eigenvalue weighted by Gasteiger charge is 2.08. The molecule has 0 saturated heterocycles. The lowest BCUT2D eigenvalue weighted by Gasteiger charge is -2.18. The van der Waals surface area contributed by atoms with Gasteiger partial charge in [0.15, 0.2) is 0 Å². The molecule has 18 heavy (non-hydrogen) atoms. The van der Waals surface area contributed by atoms with Crippen LogP contribution in [0.1, 0.15) is 18.2 Å². The van der Waals surface area contributed by atoms with Gasteiger partial charge in [-0.15, -0.1) is 0 Å². The van der Waals surface area contributed by atoms with Gasteiger partial charge in [0.2, 0.25) is 0 Å². The van der Waals surface area contributed by atoms with Crippen LogP contribution in [0.15, 0.2) is 29.1 Å². The lowest BCUT2D eigenvalue weighted by atomic mass is 10.2. The standard InChI is InChI=1S/C13H18N4O/c1-4-14-12-7-13(16-9-15-12)17(3)8-11-5-6-18-10(11)2/h5-7,9H,4,8H2,1-3H3,(H,14,15,16). The van der Waals surface area contributed by atoms with Crippen molar-refractivity contribution in [3.8, 4) is 0 Å². The number of nitrogens with zero attached hydrogens (tertiary/aromatic N) is 3. The number of hydrogen-bond donors (Lipinski definition) is 1. The first-order chi connectivity index (χ1) is 8.70. The summed E-state index contributed by atoms with van der Waals surface area (Å²) in [6, 6.07) is 3.93. The van der Waals surface area contributed by atoms with Crippen LogP contribution in [-0.2, 0) is 6.54 Å². The van der Waals surface area contributed by atoms with Crippen LogP contribution in [0.5, 0.6) is 0 Å². The second-order valence-corrected chi connectivity index (χ2v) is 4.15. The molecule has 0 aliphatic carbocycles. The van der Waals surface area contributed by atoms with Crippen molar-refractivity contribution in [1.29, 1.82) is 0 Å². The van der Waals surface area contributed by atoms with E-state index < -0.39 is 0 Å². The molecule has 0 spiro atoms. The number of aromatic nitrogens is 2. The Kier molecular flexibility index (Phi) is 3.82. The molecule has 0 aromatic carbocycles. The van der Waals surface area contributed by atoms with Crippen LogP contribution < -0.4 is 10.2 Å². The van der Waals surface area contributed by atoms with E-state index in [0.717, 1.165) is 30.5 Å². The second-order valence-electron chi connectivity index (χ2n) is 4.15. The maximum absolute atomic E-state index is 5.29. The molecule has 2 aromatic heterocycles. The van der Waals surface area contributed by atoms with Gasteiger partial charge in [0.1, 0.15) is 23.7 Å². The topological polar surface area (TPSA) is 54.2 Å². The molecule has 0 saturated carbocycles. The molecule has 0 aliphatic rings. The van der Waals surface area contributed by atoms with Gasteiger partial charge < -0.3 is 14.6 Å². The summed E-state index contributed by atoms with van der Waals surface area (Å²) in [4.78, 5) is 10.5. The van der Waals surface area contributed by atoms with Crippen LogP contribution in [0, 0.1) is 6.92 Å². The van der Waals surface area contributed by atoms with Gasteiger partial charge in [-0.1, -0.05) is 0 Å². The van der Waals surface area contributed by atoms with Crippen LogP contribution >= 0.6 is 0 Å². The van der Waals surface area contributed by atoms with Crippen molar-refractivity contribution >= 4 is 11.6 Å². The molecule has 0 fully saturated rings.